The fourth-order valence-corrected chi connectivity index (χ4v) is 5.28. The van der Waals surface area contributed by atoms with Crippen LogP contribution in [-0.2, 0) is 4.74 Å². The molecule has 0 saturated carbocycles. The summed E-state index contributed by atoms with van der Waals surface area (Å²) in [4.78, 5) is 14.2. The van der Waals surface area contributed by atoms with Crippen LogP contribution < -0.4 is 10.2 Å². The van der Waals surface area contributed by atoms with Crippen molar-refractivity contribution in [2.24, 2.45) is 5.92 Å². The number of aromatic nitrogens is 2. The van der Waals surface area contributed by atoms with Crippen LogP contribution in [0.25, 0.3) is 10.9 Å². The minimum Gasteiger partial charge on any atom is -0.494 e. The van der Waals surface area contributed by atoms with Gasteiger partial charge in [-0.25, -0.2) is 9.97 Å². The number of benzene rings is 1. The average Bonchev–Trinajstić information content (AvgIpc) is 3.08. The van der Waals surface area contributed by atoms with Gasteiger partial charge in [0.15, 0.2) is 0 Å². The van der Waals surface area contributed by atoms with Gasteiger partial charge in [-0.2, -0.15) is 0 Å². The number of anilines is 1. The van der Waals surface area contributed by atoms with E-state index in [1.165, 1.54) is 6.42 Å². The molecule has 6 nitrogen and oxygen atoms in total. The predicted octanol–water partition coefficient (Wildman–Crippen LogP) is 5.05. The van der Waals surface area contributed by atoms with Crippen LogP contribution in [0.3, 0.4) is 0 Å². The molecule has 0 radical (unpaired) electrons. The molecule has 2 heterocycles. The number of piperidine rings is 1. The lowest BCUT2D eigenvalue weighted by Gasteiger charge is -2.39. The Kier molecular flexibility index (Phi) is 9.19. The van der Waals surface area contributed by atoms with Crippen LogP contribution in [-0.4, -0.2) is 67.3 Å². The number of allylic oxidation sites excluding steroid dienone is 2. The van der Waals surface area contributed by atoms with Crippen LogP contribution in [0.2, 0.25) is 5.02 Å². The van der Waals surface area contributed by atoms with Crippen molar-refractivity contribution in [1.29, 1.82) is 0 Å². The van der Waals surface area contributed by atoms with E-state index in [4.69, 9.17) is 16.3 Å². The normalized spacial score (nSPS) is 19.7. The first-order chi connectivity index (χ1) is 16.7. The lowest BCUT2D eigenvalue weighted by Crippen LogP contribution is -2.46. The highest BCUT2D eigenvalue weighted by molar-refractivity contribution is 6.31. The topological polar surface area (TPSA) is 53.5 Å². The average molecular weight is 484 g/mol. The van der Waals surface area contributed by atoms with Gasteiger partial charge >= 0.3 is 0 Å². The summed E-state index contributed by atoms with van der Waals surface area (Å²) in [5, 5.41) is 4.94. The van der Waals surface area contributed by atoms with Gasteiger partial charge in [0, 0.05) is 42.6 Å². The molecule has 1 atom stereocenters. The van der Waals surface area contributed by atoms with Gasteiger partial charge in [-0.1, -0.05) is 17.7 Å². The highest BCUT2D eigenvalue weighted by Gasteiger charge is 2.27. The molecule has 1 aromatic heterocycles. The van der Waals surface area contributed by atoms with Crippen molar-refractivity contribution in [3.63, 3.8) is 0 Å². The van der Waals surface area contributed by atoms with E-state index in [-0.39, 0.29) is 0 Å². The molecule has 0 spiro atoms. The van der Waals surface area contributed by atoms with Gasteiger partial charge in [-0.3, -0.25) is 0 Å². The van der Waals surface area contributed by atoms with E-state index >= 15 is 0 Å². The second-order valence-corrected chi connectivity index (χ2v) is 9.72. The Morgan fingerprint density at radius 1 is 1.21 bits per heavy atom. The molecule has 7 heteroatoms. The number of hydrogen-bond acceptors (Lipinski definition) is 6. The maximum atomic E-state index is 6.29. The van der Waals surface area contributed by atoms with Crippen molar-refractivity contribution in [3.8, 4) is 0 Å². The maximum absolute atomic E-state index is 6.29. The molecule has 1 aromatic carbocycles. The molecule has 1 aliphatic carbocycles. The van der Waals surface area contributed by atoms with Gasteiger partial charge < -0.3 is 19.9 Å². The number of halogens is 1. The number of ether oxygens (including phenoxy) is 1. The van der Waals surface area contributed by atoms with Gasteiger partial charge in [-0.05, 0) is 88.9 Å². The first-order valence-corrected chi connectivity index (χ1v) is 13.1. The van der Waals surface area contributed by atoms with Crippen LogP contribution in [0, 0.1) is 5.92 Å². The minimum absolute atomic E-state index is 0.488. The van der Waals surface area contributed by atoms with Crippen molar-refractivity contribution in [2.45, 2.75) is 45.1 Å². The number of hydrogen-bond donors (Lipinski definition) is 1. The Bertz CT molecular complexity index is 986. The molecule has 2 aromatic rings. The summed E-state index contributed by atoms with van der Waals surface area (Å²) in [5.41, 5.74) is 0.949. The number of nitrogens with one attached hydrogen (secondary N) is 1. The van der Waals surface area contributed by atoms with Gasteiger partial charge in [0.25, 0.3) is 0 Å². The summed E-state index contributed by atoms with van der Waals surface area (Å²) < 4.78 is 5.93. The zero-order valence-corrected chi connectivity index (χ0v) is 21.3. The molecule has 34 heavy (non-hydrogen) atoms. The van der Waals surface area contributed by atoms with Gasteiger partial charge in [0.1, 0.15) is 17.9 Å². The molecule has 0 amide bonds. The number of likely N-dealkylation sites (tertiary alicyclic amines) is 1. The lowest BCUT2D eigenvalue weighted by atomic mass is 9.98. The summed E-state index contributed by atoms with van der Waals surface area (Å²) in [5.74, 6) is 2.63. The molecule has 1 N–H and O–H groups in total. The molecule has 0 bridgehead atoms. The molecule has 4 rings (SSSR count). The van der Waals surface area contributed by atoms with E-state index in [1.54, 1.807) is 6.33 Å². The summed E-state index contributed by atoms with van der Waals surface area (Å²) >= 11 is 6.29. The molecular weight excluding hydrogens is 446 g/mol. The highest BCUT2D eigenvalue weighted by Crippen LogP contribution is 2.30. The Hall–Kier alpha value is -2.15. The van der Waals surface area contributed by atoms with Crippen LogP contribution >= 0.6 is 11.6 Å². The first-order valence-electron chi connectivity index (χ1n) is 12.7. The van der Waals surface area contributed by atoms with Gasteiger partial charge in [-0.15, -0.1) is 0 Å². The lowest BCUT2D eigenvalue weighted by molar-refractivity contribution is 0.189. The van der Waals surface area contributed by atoms with Crippen molar-refractivity contribution >= 4 is 28.3 Å². The van der Waals surface area contributed by atoms with E-state index in [1.807, 2.05) is 25.2 Å². The number of nitrogens with zero attached hydrogens (tertiary/aromatic N) is 4. The first kappa shape index (κ1) is 25.0. The van der Waals surface area contributed by atoms with Crippen molar-refractivity contribution in [3.05, 3.63) is 53.5 Å². The quantitative estimate of drug-likeness (QED) is 0.477. The van der Waals surface area contributed by atoms with Crippen molar-refractivity contribution < 1.29 is 4.74 Å². The van der Waals surface area contributed by atoms with Crippen LogP contribution in [0.4, 0.5) is 5.82 Å². The molecule has 1 unspecified atom stereocenters. The third-order valence-corrected chi connectivity index (χ3v) is 7.17. The number of rotatable bonds is 10. The van der Waals surface area contributed by atoms with E-state index in [0.29, 0.717) is 12.0 Å². The Morgan fingerprint density at radius 3 is 2.85 bits per heavy atom. The molecule has 2 aliphatic rings. The SMILES string of the molecule is CCN(c1ncnc2ccc(Cl)cc12)C1CCN(CC2C=CC(OCCCNC)=CCC2)CC1. The van der Waals surface area contributed by atoms with Crippen LogP contribution in [0.1, 0.15) is 39.0 Å². The smallest absolute Gasteiger partial charge is 0.140 e. The van der Waals surface area contributed by atoms with Crippen molar-refractivity contribution in [2.75, 3.05) is 51.3 Å². The van der Waals surface area contributed by atoms with Gasteiger partial charge in [0.2, 0.25) is 0 Å². The zero-order valence-electron chi connectivity index (χ0n) is 20.5. The van der Waals surface area contributed by atoms with E-state index in [2.05, 4.69) is 50.2 Å². The van der Waals surface area contributed by atoms with E-state index in [0.717, 1.165) is 92.5 Å². The zero-order chi connectivity index (χ0) is 23.8. The Morgan fingerprint density at radius 2 is 2.06 bits per heavy atom. The summed E-state index contributed by atoms with van der Waals surface area (Å²) in [6.45, 7) is 8.28. The second-order valence-electron chi connectivity index (χ2n) is 9.29. The largest absolute Gasteiger partial charge is 0.494 e. The van der Waals surface area contributed by atoms with Gasteiger partial charge in [0.05, 0.1) is 12.1 Å². The summed E-state index contributed by atoms with van der Waals surface area (Å²) in [6.07, 6.45) is 14.1. The predicted molar refractivity (Wildman–Crippen MR) is 141 cm³/mol. The molecule has 184 valence electrons. The highest BCUT2D eigenvalue weighted by atomic mass is 35.5. The summed E-state index contributed by atoms with van der Waals surface area (Å²) in [7, 11) is 1.98. The molecule has 1 fully saturated rings. The Labute approximate surface area is 209 Å². The van der Waals surface area contributed by atoms with Crippen LogP contribution in [0.15, 0.2) is 48.5 Å². The fourth-order valence-electron chi connectivity index (χ4n) is 5.10. The molecule has 1 saturated heterocycles. The third-order valence-electron chi connectivity index (χ3n) is 6.94. The van der Waals surface area contributed by atoms with E-state index in [9.17, 15) is 0 Å². The second kappa shape index (κ2) is 12.5. The van der Waals surface area contributed by atoms with E-state index < -0.39 is 0 Å². The third kappa shape index (κ3) is 6.49. The monoisotopic (exact) mass is 483 g/mol. The minimum atomic E-state index is 0.488. The fraction of sp³-hybridized carbons (Fsp3) is 0.556. The standard InChI is InChI=1S/C27H38ClN5O/c1-3-33(27-25-18-22(28)9-11-26(25)30-20-31-27)23-12-15-32(16-13-23)19-21-6-4-7-24(10-8-21)34-17-5-14-29-2/h7-11,18,20-21,23,29H,3-6,12-17,19H2,1-2H3. The molecular formula is C27H38ClN5O. The maximum Gasteiger partial charge on any atom is 0.140 e. The molecule has 1 aliphatic heterocycles. The van der Waals surface area contributed by atoms with Crippen LogP contribution in [0.5, 0.6) is 0 Å². The van der Waals surface area contributed by atoms with Crippen molar-refractivity contribution in [1.82, 2.24) is 20.2 Å². The Balaban J connectivity index is 1.31. The summed E-state index contributed by atoms with van der Waals surface area (Å²) in [6, 6.07) is 6.36. The number of fused-ring (bicyclic) bond motifs is 1.